The first-order valence-corrected chi connectivity index (χ1v) is 3.87. The summed E-state index contributed by atoms with van der Waals surface area (Å²) in [5.41, 5.74) is 0. The first-order valence-electron chi connectivity index (χ1n) is 3.87. The second kappa shape index (κ2) is 5.25. The van der Waals surface area contributed by atoms with Crippen LogP contribution in [0, 0.1) is 0 Å². The zero-order valence-corrected chi connectivity index (χ0v) is 8.79. The maximum atomic E-state index is 5.40. The van der Waals surface area contributed by atoms with Gasteiger partial charge in [-0.25, -0.2) is 0 Å². The molecule has 2 unspecified atom stereocenters. The third kappa shape index (κ3) is 2.75. The largest absolute Gasteiger partial charge is 0.378 e. The topological polar surface area (TPSA) is 24.5 Å². The van der Waals surface area contributed by atoms with E-state index in [0.717, 1.165) is 26.3 Å². The second-order valence-corrected chi connectivity index (χ2v) is 3.32. The van der Waals surface area contributed by atoms with Crippen molar-refractivity contribution in [2.75, 3.05) is 33.4 Å². The lowest BCUT2D eigenvalue weighted by molar-refractivity contribution is 0.000319. The molecular weight excluding hydrogens is 199 g/mol. The van der Waals surface area contributed by atoms with Gasteiger partial charge in [-0.05, 0) is 7.05 Å². The number of hydrogen-bond acceptors (Lipinski definition) is 3. The molecule has 2 heterocycles. The van der Waals surface area contributed by atoms with E-state index in [1.165, 1.54) is 0 Å². The second-order valence-electron chi connectivity index (χ2n) is 3.32. The Hall–Kier alpha value is 0.460. The maximum Gasteiger partial charge on any atom is 0.0633 e. The highest BCUT2D eigenvalue weighted by Gasteiger charge is 2.28. The fourth-order valence-electron chi connectivity index (χ4n) is 1.82. The summed E-state index contributed by atoms with van der Waals surface area (Å²) >= 11 is 0. The molecular formula is C7H16Cl2N2O. The zero-order chi connectivity index (χ0) is 6.97. The number of nitrogens with zero attached hydrogens (tertiary/aromatic N) is 1. The first kappa shape index (κ1) is 12.5. The zero-order valence-electron chi connectivity index (χ0n) is 7.16. The van der Waals surface area contributed by atoms with Gasteiger partial charge in [0.2, 0.25) is 0 Å². The summed E-state index contributed by atoms with van der Waals surface area (Å²) < 4.78 is 5.40. The normalized spacial score (nSPS) is 34.8. The van der Waals surface area contributed by atoms with Crippen LogP contribution >= 0.6 is 24.8 Å². The molecule has 0 saturated carbocycles. The van der Waals surface area contributed by atoms with E-state index in [1.807, 2.05) is 0 Å². The van der Waals surface area contributed by atoms with Gasteiger partial charge >= 0.3 is 0 Å². The van der Waals surface area contributed by atoms with Crippen LogP contribution in [-0.4, -0.2) is 50.3 Å². The summed E-state index contributed by atoms with van der Waals surface area (Å²) in [5, 5.41) is 3.52. The molecule has 0 aliphatic carbocycles. The van der Waals surface area contributed by atoms with Gasteiger partial charge in [-0.1, -0.05) is 0 Å². The van der Waals surface area contributed by atoms with E-state index in [9.17, 15) is 0 Å². The predicted molar refractivity (Wildman–Crippen MR) is 53.5 cm³/mol. The van der Waals surface area contributed by atoms with Crippen molar-refractivity contribution in [1.29, 1.82) is 0 Å². The number of ether oxygens (including phenoxy) is 1. The van der Waals surface area contributed by atoms with E-state index >= 15 is 0 Å². The van der Waals surface area contributed by atoms with Crippen LogP contribution in [0.3, 0.4) is 0 Å². The average molecular weight is 215 g/mol. The number of morpholine rings is 1. The quantitative estimate of drug-likeness (QED) is 0.621. The summed E-state index contributed by atoms with van der Waals surface area (Å²) in [6.07, 6.45) is 0. The van der Waals surface area contributed by atoms with Gasteiger partial charge < -0.3 is 15.0 Å². The number of rotatable bonds is 0. The number of nitrogens with one attached hydrogen (secondary N) is 1. The van der Waals surface area contributed by atoms with Crippen molar-refractivity contribution >= 4 is 24.8 Å². The van der Waals surface area contributed by atoms with E-state index < -0.39 is 0 Å². The molecule has 2 atom stereocenters. The number of fused-ring (bicyclic) bond motifs is 2. The van der Waals surface area contributed by atoms with Crippen LogP contribution in [0.25, 0.3) is 0 Å². The van der Waals surface area contributed by atoms with Crippen molar-refractivity contribution in [3.05, 3.63) is 0 Å². The lowest BCUT2D eigenvalue weighted by atomic mass is 10.1. The van der Waals surface area contributed by atoms with Crippen molar-refractivity contribution in [3.8, 4) is 0 Å². The number of likely N-dealkylation sites (N-methyl/N-ethyl adjacent to an activating group) is 1. The molecule has 2 saturated heterocycles. The minimum Gasteiger partial charge on any atom is -0.378 e. The molecule has 0 aromatic heterocycles. The molecule has 0 aromatic rings. The van der Waals surface area contributed by atoms with Crippen LogP contribution in [0.1, 0.15) is 0 Å². The molecule has 0 spiro atoms. The number of hydrogen-bond donors (Lipinski definition) is 1. The molecule has 1 N–H and O–H groups in total. The van der Waals surface area contributed by atoms with Gasteiger partial charge in [0.1, 0.15) is 0 Å². The molecule has 2 aliphatic heterocycles. The van der Waals surface area contributed by atoms with Gasteiger partial charge in [0.25, 0.3) is 0 Å². The smallest absolute Gasteiger partial charge is 0.0633 e. The number of halogens is 2. The van der Waals surface area contributed by atoms with E-state index in [4.69, 9.17) is 4.74 Å². The highest BCUT2D eigenvalue weighted by molar-refractivity contribution is 5.85. The fourth-order valence-corrected chi connectivity index (χ4v) is 1.82. The minimum absolute atomic E-state index is 0. The van der Waals surface area contributed by atoms with Crippen molar-refractivity contribution in [2.45, 2.75) is 12.1 Å². The van der Waals surface area contributed by atoms with Gasteiger partial charge in [0.15, 0.2) is 0 Å². The Balaban J connectivity index is 0.000000605. The molecule has 2 rings (SSSR count). The van der Waals surface area contributed by atoms with Crippen LogP contribution in [0.4, 0.5) is 0 Å². The molecule has 74 valence electrons. The Morgan fingerprint density at radius 2 is 1.67 bits per heavy atom. The molecule has 0 amide bonds. The Morgan fingerprint density at radius 1 is 1.17 bits per heavy atom. The summed E-state index contributed by atoms with van der Waals surface area (Å²) in [7, 11) is 2.17. The lowest BCUT2D eigenvalue weighted by Gasteiger charge is -2.40. The third-order valence-corrected chi connectivity index (χ3v) is 2.17. The predicted octanol–water partition coefficient (Wildman–Crippen LogP) is 0.132. The SMILES string of the molecule is CN1CC2COCC(C1)N2.Cl.Cl. The third-order valence-electron chi connectivity index (χ3n) is 2.17. The summed E-state index contributed by atoms with van der Waals surface area (Å²) in [5.74, 6) is 0. The monoisotopic (exact) mass is 214 g/mol. The maximum absolute atomic E-state index is 5.40. The first-order chi connectivity index (χ1) is 4.84. The van der Waals surface area contributed by atoms with E-state index in [2.05, 4.69) is 17.3 Å². The van der Waals surface area contributed by atoms with Gasteiger partial charge in [-0.3, -0.25) is 0 Å². The summed E-state index contributed by atoms with van der Waals surface area (Å²) in [4.78, 5) is 2.37. The standard InChI is InChI=1S/C7H14N2O.2ClH/c1-9-2-6-4-10-5-7(3-9)8-6;;/h6-8H,2-5H2,1H3;2*1H. The van der Waals surface area contributed by atoms with Crippen molar-refractivity contribution in [2.24, 2.45) is 0 Å². The Kier molecular flexibility index (Phi) is 5.45. The number of piperazine rings is 1. The fraction of sp³-hybridized carbons (Fsp3) is 1.00. The van der Waals surface area contributed by atoms with Crippen LogP contribution in [-0.2, 0) is 4.74 Å². The van der Waals surface area contributed by atoms with Crippen LogP contribution in [0.2, 0.25) is 0 Å². The van der Waals surface area contributed by atoms with Crippen LogP contribution < -0.4 is 5.32 Å². The molecule has 12 heavy (non-hydrogen) atoms. The summed E-state index contributed by atoms with van der Waals surface area (Å²) in [6, 6.07) is 1.16. The van der Waals surface area contributed by atoms with Gasteiger partial charge in [-0.15, -0.1) is 24.8 Å². The Morgan fingerprint density at radius 3 is 2.17 bits per heavy atom. The highest BCUT2D eigenvalue weighted by atomic mass is 35.5. The Bertz CT molecular complexity index is 121. The minimum atomic E-state index is 0. The lowest BCUT2D eigenvalue weighted by Crippen LogP contribution is -2.61. The van der Waals surface area contributed by atoms with Crippen LogP contribution in [0.15, 0.2) is 0 Å². The van der Waals surface area contributed by atoms with Crippen molar-refractivity contribution in [1.82, 2.24) is 10.2 Å². The van der Waals surface area contributed by atoms with Gasteiger partial charge in [0.05, 0.1) is 13.2 Å². The van der Waals surface area contributed by atoms with E-state index in [1.54, 1.807) is 0 Å². The highest BCUT2D eigenvalue weighted by Crippen LogP contribution is 2.07. The van der Waals surface area contributed by atoms with Gasteiger partial charge in [0, 0.05) is 25.2 Å². The van der Waals surface area contributed by atoms with Crippen LogP contribution in [0.5, 0.6) is 0 Å². The molecule has 3 nitrogen and oxygen atoms in total. The molecule has 2 bridgehead atoms. The molecule has 5 heteroatoms. The van der Waals surface area contributed by atoms with E-state index in [-0.39, 0.29) is 24.8 Å². The van der Waals surface area contributed by atoms with E-state index in [0.29, 0.717) is 12.1 Å². The van der Waals surface area contributed by atoms with Crippen molar-refractivity contribution < 1.29 is 4.74 Å². The van der Waals surface area contributed by atoms with Gasteiger partial charge in [-0.2, -0.15) is 0 Å². The molecule has 2 aliphatic rings. The molecule has 2 fully saturated rings. The molecule has 0 aromatic carbocycles. The average Bonchev–Trinajstić information content (AvgIpc) is 1.85. The van der Waals surface area contributed by atoms with Crippen molar-refractivity contribution in [3.63, 3.8) is 0 Å². The Labute approximate surface area is 85.6 Å². The summed E-state index contributed by atoms with van der Waals surface area (Å²) in [6.45, 7) is 4.05. The molecule has 0 radical (unpaired) electrons.